The van der Waals surface area contributed by atoms with Crippen LogP contribution in [-0.2, 0) is 54.4 Å². The highest BCUT2D eigenvalue weighted by Crippen LogP contribution is 2.10. The van der Waals surface area contributed by atoms with Gasteiger partial charge in [-0.1, -0.05) is 44.2 Å². The molecule has 7 amide bonds. The molecule has 7 atom stereocenters. The lowest BCUT2D eigenvalue weighted by atomic mass is 10.0. The van der Waals surface area contributed by atoms with E-state index in [4.69, 9.17) is 22.3 Å². The molecule has 16 N–H and O–H groups in total. The van der Waals surface area contributed by atoms with E-state index < -0.39 is 121 Å². The molecule has 0 radical (unpaired) electrons. The molecule has 0 saturated heterocycles. The van der Waals surface area contributed by atoms with Crippen LogP contribution in [0.2, 0.25) is 0 Å². The number of amides is 7. The minimum atomic E-state index is -1.84. The van der Waals surface area contributed by atoms with E-state index >= 15 is 0 Å². The summed E-state index contributed by atoms with van der Waals surface area (Å²) in [4.78, 5) is 126. The van der Waals surface area contributed by atoms with Crippen LogP contribution < -0.4 is 49.1 Å². The van der Waals surface area contributed by atoms with Gasteiger partial charge in [0, 0.05) is 12.8 Å². The largest absolute Gasteiger partial charge is 0.481 e. The monoisotopic (exact) mass is 851 g/mol. The zero-order chi connectivity index (χ0) is 45.5. The lowest BCUT2D eigenvalue weighted by Crippen LogP contribution is -2.61. The summed E-state index contributed by atoms with van der Waals surface area (Å²) in [6, 6.07) is -3.06. The Labute approximate surface area is 345 Å². The number of carboxylic acids is 3. The fraction of sp³-hybridized carbons (Fsp3) is 0.568. The number of primary amides is 1. The van der Waals surface area contributed by atoms with E-state index in [0.29, 0.717) is 12.0 Å². The van der Waals surface area contributed by atoms with E-state index in [0.717, 1.165) is 0 Å². The molecule has 0 fully saturated rings. The van der Waals surface area contributed by atoms with Gasteiger partial charge in [0.2, 0.25) is 41.4 Å². The van der Waals surface area contributed by atoms with Crippen molar-refractivity contribution in [1.29, 1.82) is 0 Å². The SMILES string of the molecule is CC(C)C[C@H](NC(=O)[C@H](CCC(N)=O)NC(=O)[C@H](CCCCN)NC(=O)[C@H](CO)NC(=O)[C@H](Cc1ccccc1)NC(=O)[C@H](CC(=O)O)NC(=O)[C@@H](N)CC(=O)O)C(=O)O. The molecule has 1 aromatic rings. The lowest BCUT2D eigenvalue weighted by Gasteiger charge is -2.27. The van der Waals surface area contributed by atoms with Crippen molar-refractivity contribution in [2.24, 2.45) is 23.1 Å². The lowest BCUT2D eigenvalue weighted by molar-refractivity contribution is -0.143. The van der Waals surface area contributed by atoms with Gasteiger partial charge in [-0.25, -0.2) is 4.79 Å². The predicted octanol–water partition coefficient (Wildman–Crippen LogP) is -4.07. The summed E-state index contributed by atoms with van der Waals surface area (Å²) >= 11 is 0. The van der Waals surface area contributed by atoms with Crippen molar-refractivity contribution < 1.29 is 68.4 Å². The summed E-state index contributed by atoms with van der Waals surface area (Å²) in [6.07, 6.45) is -2.21. The molecular weight excluding hydrogens is 794 g/mol. The van der Waals surface area contributed by atoms with Gasteiger partial charge in [-0.15, -0.1) is 0 Å². The van der Waals surface area contributed by atoms with Crippen molar-refractivity contribution in [2.75, 3.05) is 13.2 Å². The molecule has 23 nitrogen and oxygen atoms in total. The highest BCUT2D eigenvalue weighted by atomic mass is 16.4. The van der Waals surface area contributed by atoms with Crippen LogP contribution in [0.25, 0.3) is 0 Å². The smallest absolute Gasteiger partial charge is 0.326 e. The third kappa shape index (κ3) is 20.0. The second kappa shape index (κ2) is 26.7. The normalized spacial score (nSPS) is 14.4. The summed E-state index contributed by atoms with van der Waals surface area (Å²) in [5, 5.41) is 52.0. The Morgan fingerprint density at radius 1 is 0.600 bits per heavy atom. The van der Waals surface area contributed by atoms with E-state index in [1.807, 2.05) is 0 Å². The summed E-state index contributed by atoms with van der Waals surface area (Å²) in [6.45, 7) is 2.62. The average Bonchev–Trinajstić information content (AvgIpc) is 3.16. The van der Waals surface area contributed by atoms with Gasteiger partial charge in [0.05, 0.1) is 25.5 Å². The van der Waals surface area contributed by atoms with Gasteiger partial charge < -0.3 is 69.5 Å². The van der Waals surface area contributed by atoms with Gasteiger partial charge in [0.25, 0.3) is 0 Å². The Morgan fingerprint density at radius 3 is 1.57 bits per heavy atom. The van der Waals surface area contributed by atoms with Crippen molar-refractivity contribution in [1.82, 2.24) is 31.9 Å². The first-order valence-corrected chi connectivity index (χ1v) is 19.1. The number of aliphatic carboxylic acids is 3. The van der Waals surface area contributed by atoms with Crippen molar-refractivity contribution in [3.8, 4) is 0 Å². The van der Waals surface area contributed by atoms with Crippen molar-refractivity contribution in [3.05, 3.63) is 35.9 Å². The number of hydrogen-bond donors (Lipinski definition) is 13. The maximum atomic E-state index is 13.7. The molecule has 1 rings (SSSR count). The average molecular weight is 852 g/mol. The Morgan fingerprint density at radius 2 is 1.07 bits per heavy atom. The number of carboxylic acid groups (broad SMARTS) is 3. The van der Waals surface area contributed by atoms with Crippen LogP contribution >= 0.6 is 0 Å². The molecule has 60 heavy (non-hydrogen) atoms. The third-order valence-electron chi connectivity index (χ3n) is 8.69. The number of nitrogens with two attached hydrogens (primary N) is 3. The van der Waals surface area contributed by atoms with Gasteiger partial charge in [0.1, 0.15) is 36.3 Å². The molecule has 334 valence electrons. The first kappa shape index (κ1) is 51.8. The Bertz CT molecular complexity index is 1660. The molecular formula is C37H57N9O14. The number of unbranched alkanes of at least 4 members (excludes halogenated alkanes) is 1. The van der Waals surface area contributed by atoms with Crippen LogP contribution in [0.15, 0.2) is 30.3 Å². The number of nitrogens with one attached hydrogen (secondary N) is 6. The summed E-state index contributed by atoms with van der Waals surface area (Å²) in [5.41, 5.74) is 16.9. The zero-order valence-electron chi connectivity index (χ0n) is 33.4. The molecule has 0 spiro atoms. The highest BCUT2D eigenvalue weighted by Gasteiger charge is 2.34. The minimum absolute atomic E-state index is 0.0439. The predicted molar refractivity (Wildman–Crippen MR) is 210 cm³/mol. The van der Waals surface area contributed by atoms with Crippen LogP contribution in [0.3, 0.4) is 0 Å². The zero-order valence-corrected chi connectivity index (χ0v) is 33.4. The highest BCUT2D eigenvalue weighted by molar-refractivity contribution is 5.98. The quantitative estimate of drug-likeness (QED) is 0.0341. The van der Waals surface area contributed by atoms with Crippen molar-refractivity contribution >= 4 is 59.3 Å². The van der Waals surface area contributed by atoms with E-state index in [1.54, 1.807) is 44.2 Å². The van der Waals surface area contributed by atoms with E-state index in [1.165, 1.54) is 0 Å². The van der Waals surface area contributed by atoms with Gasteiger partial charge >= 0.3 is 17.9 Å². The molecule has 0 bridgehead atoms. The van der Waals surface area contributed by atoms with Crippen LogP contribution in [-0.4, -0.2) is 135 Å². The Hall–Kier alpha value is -6.20. The van der Waals surface area contributed by atoms with Gasteiger partial charge in [0.15, 0.2) is 0 Å². The van der Waals surface area contributed by atoms with Gasteiger partial charge in [-0.3, -0.25) is 43.2 Å². The summed E-state index contributed by atoms with van der Waals surface area (Å²) < 4.78 is 0. The number of hydrogen-bond acceptors (Lipinski definition) is 13. The summed E-state index contributed by atoms with van der Waals surface area (Å²) in [5.74, 6) is -11.7. The molecule has 0 aliphatic heterocycles. The van der Waals surface area contributed by atoms with Gasteiger partial charge in [-0.2, -0.15) is 0 Å². The molecule has 0 aromatic heterocycles. The maximum absolute atomic E-state index is 13.7. The fourth-order valence-electron chi connectivity index (χ4n) is 5.57. The number of carbonyl (C=O) groups excluding carboxylic acids is 7. The molecule has 0 heterocycles. The van der Waals surface area contributed by atoms with Gasteiger partial charge in [-0.05, 0) is 50.1 Å². The minimum Gasteiger partial charge on any atom is -0.481 e. The van der Waals surface area contributed by atoms with E-state index in [9.17, 15) is 63.3 Å². The second-order valence-electron chi connectivity index (χ2n) is 14.3. The molecule has 1 aromatic carbocycles. The molecule has 0 unspecified atom stereocenters. The van der Waals surface area contributed by atoms with Crippen molar-refractivity contribution in [2.45, 2.75) is 114 Å². The third-order valence-corrected chi connectivity index (χ3v) is 8.69. The van der Waals surface area contributed by atoms with Crippen molar-refractivity contribution in [3.63, 3.8) is 0 Å². The first-order chi connectivity index (χ1) is 28.2. The van der Waals surface area contributed by atoms with Crippen LogP contribution in [0.1, 0.15) is 70.8 Å². The second-order valence-corrected chi connectivity index (χ2v) is 14.3. The first-order valence-electron chi connectivity index (χ1n) is 19.1. The molecule has 0 saturated carbocycles. The van der Waals surface area contributed by atoms with Crippen LogP contribution in [0.5, 0.6) is 0 Å². The molecule has 0 aliphatic carbocycles. The Kier molecular flexibility index (Phi) is 23.1. The maximum Gasteiger partial charge on any atom is 0.326 e. The van der Waals surface area contributed by atoms with Crippen LogP contribution in [0.4, 0.5) is 0 Å². The molecule has 23 heteroatoms. The number of aliphatic hydroxyl groups excluding tert-OH is 1. The standard InChI is InChI=1S/C37H57N9O14/c1-19(2)14-26(37(59)60)45-33(55)23(11-12-28(40)48)42-32(54)22(10-6-7-13-38)41-36(58)27(18-47)46-34(56)24(15-20-8-4-3-5-9-20)44-35(57)25(17-30(51)52)43-31(53)21(39)16-29(49)50/h3-5,8-9,19,21-27,47H,6-7,10-18,38-39H2,1-2H3,(H2,40,48)(H,41,58)(H,42,54)(H,43,53)(H,44,57)(H,45,55)(H,46,56)(H,49,50)(H,51,52)(H,59,60)/t21-,22-,23-,24-,25-,26-,27-/m0/s1. The van der Waals surface area contributed by atoms with E-state index in [2.05, 4.69) is 31.9 Å². The Balaban J connectivity index is 3.37. The number of carbonyl (C=O) groups is 10. The van der Waals surface area contributed by atoms with E-state index in [-0.39, 0.29) is 51.0 Å². The molecule has 0 aliphatic rings. The number of rotatable bonds is 29. The number of benzene rings is 1. The van der Waals surface area contributed by atoms with Crippen LogP contribution in [0, 0.1) is 5.92 Å². The fourth-order valence-corrected chi connectivity index (χ4v) is 5.57. The number of aliphatic hydroxyl groups is 1. The summed E-state index contributed by atoms with van der Waals surface area (Å²) in [7, 11) is 0. The topological polar surface area (TPSA) is 402 Å².